The predicted molar refractivity (Wildman–Crippen MR) is 177 cm³/mol. The minimum atomic E-state index is -0.148. The summed E-state index contributed by atoms with van der Waals surface area (Å²) in [5.41, 5.74) is 14.8. The van der Waals surface area contributed by atoms with Crippen LogP contribution in [0.15, 0.2) is 108 Å². The molecule has 1 fully saturated rings. The Hall–Kier alpha value is -3.90. The fourth-order valence-corrected chi connectivity index (χ4v) is 10.1. The fourth-order valence-electron chi connectivity index (χ4n) is 10.1. The zero-order valence-corrected chi connectivity index (χ0v) is 25.0. The minimum Gasteiger partial charge on any atom is -0.0681 e. The average molecular weight is 543 g/mol. The predicted octanol–water partition coefficient (Wildman–Crippen LogP) is 11.2. The molecule has 0 aliphatic heterocycles. The van der Waals surface area contributed by atoms with Crippen LogP contribution in [0, 0.1) is 18.8 Å². The first kappa shape index (κ1) is 24.7. The Morgan fingerprint density at radius 3 is 2.33 bits per heavy atom. The van der Waals surface area contributed by atoms with Gasteiger partial charge in [0.05, 0.1) is 0 Å². The topological polar surface area (TPSA) is 0 Å². The molecule has 0 bridgehead atoms. The van der Waals surface area contributed by atoms with Gasteiger partial charge in [-0.2, -0.15) is 0 Å². The number of hydrogen-bond donors (Lipinski definition) is 0. The average Bonchev–Trinajstić information content (AvgIpc) is 3.29. The van der Waals surface area contributed by atoms with E-state index in [1.165, 1.54) is 87.0 Å². The van der Waals surface area contributed by atoms with Crippen LogP contribution in [0.25, 0.3) is 32.7 Å². The highest BCUT2D eigenvalue weighted by Gasteiger charge is 2.54. The molecule has 42 heavy (non-hydrogen) atoms. The third kappa shape index (κ3) is 3.08. The lowest BCUT2D eigenvalue weighted by molar-refractivity contribution is 0.227. The summed E-state index contributed by atoms with van der Waals surface area (Å²) >= 11 is 0. The molecule has 9 rings (SSSR count). The molecule has 0 aromatic heterocycles. The molecular weight excluding hydrogens is 504 g/mol. The summed E-state index contributed by atoms with van der Waals surface area (Å²) < 4.78 is 0. The van der Waals surface area contributed by atoms with E-state index in [4.69, 9.17) is 0 Å². The largest absolute Gasteiger partial charge is 0.0681 e. The standard InChI is InChI=1S/C42H38/c1-25-22-27(3)40(30-15-8-5-9-16-30)42(24-25)35-21-20-29-17-11-19-32-36(28-13-6-4-7-14-28)34-23-33-26(2)12-10-18-31(33)41(42)38(34)39(35)37(29)32/h4,6-7,10-14,17-24,30,36,40H,5,8-9,15-16H2,1-3H3. The Labute approximate surface area is 249 Å². The third-order valence-electron chi connectivity index (χ3n) is 11.4. The van der Waals surface area contributed by atoms with Crippen molar-refractivity contribution in [1.29, 1.82) is 0 Å². The molecule has 0 nitrogen and oxygen atoms in total. The zero-order chi connectivity index (χ0) is 28.2. The first-order valence-electron chi connectivity index (χ1n) is 16.1. The van der Waals surface area contributed by atoms with Crippen LogP contribution in [0.2, 0.25) is 0 Å². The van der Waals surface area contributed by atoms with Crippen molar-refractivity contribution < 1.29 is 0 Å². The van der Waals surface area contributed by atoms with E-state index in [2.05, 4.69) is 118 Å². The molecule has 0 heteroatoms. The van der Waals surface area contributed by atoms with Gasteiger partial charge in [0.2, 0.25) is 0 Å². The van der Waals surface area contributed by atoms with Crippen LogP contribution in [0.1, 0.15) is 85.3 Å². The zero-order valence-electron chi connectivity index (χ0n) is 25.0. The number of allylic oxidation sites excluding steroid dienone is 4. The molecule has 5 aromatic carbocycles. The smallest absolute Gasteiger partial charge is 0.0474 e. The van der Waals surface area contributed by atoms with Gasteiger partial charge in [-0.3, -0.25) is 0 Å². The van der Waals surface area contributed by atoms with E-state index in [0.717, 1.165) is 0 Å². The minimum absolute atomic E-state index is 0.148. The summed E-state index contributed by atoms with van der Waals surface area (Å²) in [7, 11) is 0. The van der Waals surface area contributed by atoms with Crippen molar-refractivity contribution in [2.24, 2.45) is 11.8 Å². The van der Waals surface area contributed by atoms with Gasteiger partial charge in [0.15, 0.2) is 0 Å². The van der Waals surface area contributed by atoms with Gasteiger partial charge in [0.1, 0.15) is 0 Å². The number of fused-ring (bicyclic) bond motifs is 4. The van der Waals surface area contributed by atoms with E-state index in [-0.39, 0.29) is 11.3 Å². The van der Waals surface area contributed by atoms with E-state index in [9.17, 15) is 0 Å². The lowest BCUT2D eigenvalue weighted by Gasteiger charge is -2.46. The van der Waals surface area contributed by atoms with Crippen LogP contribution in [-0.2, 0) is 5.41 Å². The molecule has 206 valence electrons. The van der Waals surface area contributed by atoms with Gasteiger partial charge in [0, 0.05) is 11.3 Å². The van der Waals surface area contributed by atoms with Crippen molar-refractivity contribution in [2.75, 3.05) is 0 Å². The number of rotatable bonds is 2. The number of benzene rings is 5. The first-order chi connectivity index (χ1) is 20.6. The van der Waals surface area contributed by atoms with Gasteiger partial charge >= 0.3 is 0 Å². The van der Waals surface area contributed by atoms with Crippen molar-refractivity contribution in [3.63, 3.8) is 0 Å². The molecule has 0 heterocycles. The molecule has 5 aromatic rings. The molecular formula is C42H38. The van der Waals surface area contributed by atoms with Gasteiger partial charge in [-0.25, -0.2) is 0 Å². The van der Waals surface area contributed by atoms with E-state index in [1.54, 1.807) is 22.3 Å². The second-order valence-electron chi connectivity index (χ2n) is 13.7. The first-order valence-corrected chi connectivity index (χ1v) is 16.1. The van der Waals surface area contributed by atoms with Gasteiger partial charge < -0.3 is 0 Å². The summed E-state index contributed by atoms with van der Waals surface area (Å²) in [5.74, 6) is 1.42. The molecule has 4 aliphatic rings. The normalized spacial score (nSPS) is 24.4. The highest BCUT2D eigenvalue weighted by Crippen LogP contribution is 2.66. The van der Waals surface area contributed by atoms with E-state index in [1.807, 2.05) is 0 Å². The van der Waals surface area contributed by atoms with Gasteiger partial charge in [-0.1, -0.05) is 121 Å². The number of aryl methyl sites for hydroxylation is 1. The van der Waals surface area contributed by atoms with Crippen molar-refractivity contribution >= 4 is 21.5 Å². The summed E-state index contributed by atoms with van der Waals surface area (Å²) in [6.07, 6.45) is 12.0. The van der Waals surface area contributed by atoms with Crippen LogP contribution in [0.3, 0.4) is 0 Å². The fraction of sp³-hybridized carbons (Fsp3) is 0.286. The quantitative estimate of drug-likeness (QED) is 0.204. The van der Waals surface area contributed by atoms with Gasteiger partial charge in [0.25, 0.3) is 0 Å². The van der Waals surface area contributed by atoms with E-state index < -0.39 is 0 Å². The van der Waals surface area contributed by atoms with E-state index in [0.29, 0.717) is 11.8 Å². The van der Waals surface area contributed by atoms with Crippen molar-refractivity contribution in [1.82, 2.24) is 0 Å². The van der Waals surface area contributed by atoms with Gasteiger partial charge in [-0.05, 0) is 118 Å². The molecule has 3 atom stereocenters. The van der Waals surface area contributed by atoms with Crippen LogP contribution < -0.4 is 0 Å². The second kappa shape index (κ2) is 8.81. The van der Waals surface area contributed by atoms with E-state index >= 15 is 0 Å². The molecule has 0 N–H and O–H groups in total. The summed E-state index contributed by atoms with van der Waals surface area (Å²) in [6, 6.07) is 32.9. The van der Waals surface area contributed by atoms with Crippen LogP contribution in [0.5, 0.6) is 0 Å². The lowest BCUT2D eigenvalue weighted by Crippen LogP contribution is -2.41. The molecule has 4 aliphatic carbocycles. The second-order valence-corrected chi connectivity index (χ2v) is 13.7. The van der Waals surface area contributed by atoms with Gasteiger partial charge in [-0.15, -0.1) is 0 Å². The van der Waals surface area contributed by atoms with Crippen molar-refractivity contribution in [3.8, 4) is 11.1 Å². The SMILES string of the molecule is CC1=CC2(c3ccc4cccc5c4c3-c3c(cc4c(C)cccc4c32)C5c2ccccc2)C(C2CCCCC2)C(C)=C1. The van der Waals surface area contributed by atoms with Crippen molar-refractivity contribution in [3.05, 3.63) is 142 Å². The molecule has 0 amide bonds. The maximum atomic E-state index is 2.72. The monoisotopic (exact) mass is 542 g/mol. The molecule has 1 spiro atoms. The summed E-state index contributed by atoms with van der Waals surface area (Å²) in [4.78, 5) is 0. The maximum absolute atomic E-state index is 2.72. The Morgan fingerprint density at radius 2 is 1.50 bits per heavy atom. The maximum Gasteiger partial charge on any atom is 0.0474 e. The Kier molecular flexibility index (Phi) is 5.17. The van der Waals surface area contributed by atoms with Crippen molar-refractivity contribution in [2.45, 2.75) is 64.2 Å². The summed E-state index contributed by atoms with van der Waals surface area (Å²) in [5, 5.41) is 5.75. The Bertz CT molecular complexity index is 2000. The Balaban J connectivity index is 1.51. The van der Waals surface area contributed by atoms with Crippen LogP contribution in [0.4, 0.5) is 0 Å². The Morgan fingerprint density at radius 1 is 0.690 bits per heavy atom. The highest BCUT2D eigenvalue weighted by molar-refractivity contribution is 6.13. The number of hydrogen-bond acceptors (Lipinski definition) is 0. The summed E-state index contributed by atoms with van der Waals surface area (Å²) in [6.45, 7) is 7.11. The third-order valence-corrected chi connectivity index (χ3v) is 11.4. The molecule has 0 saturated heterocycles. The lowest BCUT2D eigenvalue weighted by atomic mass is 9.56. The molecule has 1 saturated carbocycles. The van der Waals surface area contributed by atoms with Crippen LogP contribution >= 0.6 is 0 Å². The highest BCUT2D eigenvalue weighted by atomic mass is 14.6. The van der Waals surface area contributed by atoms with Crippen LogP contribution in [-0.4, -0.2) is 0 Å². The molecule has 3 unspecified atom stereocenters. The molecule has 0 radical (unpaired) electrons.